The standard InChI is InChI=1S/C36H29ClN2O6S/c37-21-8-4-9-22(16-21)39-33(42)28-17-27-25(12-13-26-30(27)34(43)38(32(26)41)18-24-10-5-15-46-24)31(29-14-11-23(19-40)45-29)36(28,35(39)44)20-6-2-1-3-7-20/h1-12,14-16,26-28,30-31,40H,13,17-19H2. The fourth-order valence-corrected chi connectivity index (χ4v) is 9.34. The Morgan fingerprint density at radius 3 is 2.46 bits per heavy atom. The molecule has 2 saturated heterocycles. The van der Waals surface area contributed by atoms with Gasteiger partial charge in [0.2, 0.25) is 23.6 Å². The molecule has 6 atom stereocenters. The first-order valence-corrected chi connectivity index (χ1v) is 16.6. The number of hydrogen-bond acceptors (Lipinski definition) is 7. The van der Waals surface area contributed by atoms with Crippen LogP contribution in [0, 0.1) is 23.7 Å². The van der Waals surface area contributed by atoms with Gasteiger partial charge in [0, 0.05) is 9.90 Å². The molecule has 4 aliphatic rings. The van der Waals surface area contributed by atoms with Crippen molar-refractivity contribution >= 4 is 52.3 Å². The van der Waals surface area contributed by atoms with E-state index in [1.807, 2.05) is 53.9 Å². The number of carbonyl (C=O) groups is 4. The van der Waals surface area contributed by atoms with E-state index in [2.05, 4.69) is 0 Å². The summed E-state index contributed by atoms with van der Waals surface area (Å²) in [4.78, 5) is 61.2. The molecule has 3 fully saturated rings. The van der Waals surface area contributed by atoms with E-state index in [1.165, 1.54) is 21.1 Å². The van der Waals surface area contributed by atoms with Crippen LogP contribution in [0.3, 0.4) is 0 Å². The number of nitrogens with zero attached hydrogens (tertiary/aromatic N) is 2. The number of benzene rings is 2. The highest BCUT2D eigenvalue weighted by Gasteiger charge is 2.70. The van der Waals surface area contributed by atoms with Crippen LogP contribution in [0.25, 0.3) is 0 Å². The van der Waals surface area contributed by atoms with Crippen molar-refractivity contribution in [3.8, 4) is 0 Å². The van der Waals surface area contributed by atoms with Crippen molar-refractivity contribution in [1.82, 2.24) is 4.90 Å². The van der Waals surface area contributed by atoms with Crippen LogP contribution in [0.5, 0.6) is 0 Å². The Balaban J connectivity index is 1.32. The number of likely N-dealkylation sites (tertiary alicyclic amines) is 1. The van der Waals surface area contributed by atoms with Crippen molar-refractivity contribution < 1.29 is 28.7 Å². The van der Waals surface area contributed by atoms with Crippen molar-refractivity contribution in [2.45, 2.75) is 37.3 Å². The maximum Gasteiger partial charge on any atom is 0.246 e. The van der Waals surface area contributed by atoms with Crippen LogP contribution < -0.4 is 4.90 Å². The van der Waals surface area contributed by atoms with Gasteiger partial charge in [-0.05, 0) is 66.1 Å². The zero-order valence-corrected chi connectivity index (χ0v) is 26.1. The molecule has 2 aliphatic carbocycles. The predicted octanol–water partition coefficient (Wildman–Crippen LogP) is 5.85. The van der Waals surface area contributed by atoms with Gasteiger partial charge in [-0.1, -0.05) is 65.7 Å². The highest BCUT2D eigenvalue weighted by atomic mass is 35.5. The van der Waals surface area contributed by atoms with E-state index in [-0.39, 0.29) is 37.3 Å². The topological polar surface area (TPSA) is 108 Å². The molecule has 232 valence electrons. The molecule has 2 aromatic heterocycles. The number of anilines is 1. The van der Waals surface area contributed by atoms with Gasteiger partial charge in [0.1, 0.15) is 23.5 Å². The molecule has 4 heterocycles. The molecule has 0 spiro atoms. The smallest absolute Gasteiger partial charge is 0.246 e. The molecule has 2 aliphatic heterocycles. The molecule has 0 radical (unpaired) electrons. The summed E-state index contributed by atoms with van der Waals surface area (Å²) < 4.78 is 6.22. The number of amides is 4. The van der Waals surface area contributed by atoms with Gasteiger partial charge in [-0.2, -0.15) is 0 Å². The number of halogens is 1. The molecule has 46 heavy (non-hydrogen) atoms. The molecule has 0 bridgehead atoms. The Kier molecular flexibility index (Phi) is 6.90. The number of rotatable bonds is 6. The highest BCUT2D eigenvalue weighted by molar-refractivity contribution is 7.09. The largest absolute Gasteiger partial charge is 0.463 e. The van der Waals surface area contributed by atoms with E-state index < -0.39 is 40.9 Å². The Labute approximate surface area is 273 Å². The summed E-state index contributed by atoms with van der Waals surface area (Å²) in [7, 11) is 0. The Morgan fingerprint density at radius 2 is 1.74 bits per heavy atom. The monoisotopic (exact) mass is 652 g/mol. The molecule has 1 saturated carbocycles. The fraction of sp³-hybridized carbons (Fsp3) is 0.278. The number of aliphatic hydroxyl groups is 1. The number of aliphatic hydroxyl groups excluding tert-OH is 1. The van der Waals surface area contributed by atoms with Crippen LogP contribution in [0.1, 0.15) is 40.7 Å². The molecule has 4 aromatic rings. The third-order valence-electron chi connectivity index (χ3n) is 10.3. The third kappa shape index (κ3) is 4.08. The molecule has 10 heteroatoms. The highest BCUT2D eigenvalue weighted by Crippen LogP contribution is 2.64. The number of hydrogen-bond donors (Lipinski definition) is 1. The van der Waals surface area contributed by atoms with Gasteiger partial charge in [0.15, 0.2) is 0 Å². The van der Waals surface area contributed by atoms with Gasteiger partial charge in [-0.15, -0.1) is 11.3 Å². The average Bonchev–Trinajstić information content (AvgIpc) is 3.85. The van der Waals surface area contributed by atoms with E-state index in [0.29, 0.717) is 34.2 Å². The van der Waals surface area contributed by atoms with Crippen LogP contribution >= 0.6 is 22.9 Å². The van der Waals surface area contributed by atoms with Crippen LogP contribution in [0.4, 0.5) is 5.69 Å². The minimum atomic E-state index is -1.41. The fourth-order valence-electron chi connectivity index (χ4n) is 8.47. The van der Waals surface area contributed by atoms with Crippen molar-refractivity contribution in [3.05, 3.63) is 123 Å². The summed E-state index contributed by atoms with van der Waals surface area (Å²) in [6, 6.07) is 23.2. The lowest BCUT2D eigenvalue weighted by Gasteiger charge is -2.49. The van der Waals surface area contributed by atoms with Crippen LogP contribution in [-0.4, -0.2) is 33.6 Å². The second kappa shape index (κ2) is 10.9. The van der Waals surface area contributed by atoms with Crippen molar-refractivity contribution in [1.29, 1.82) is 0 Å². The van der Waals surface area contributed by atoms with Gasteiger partial charge < -0.3 is 9.52 Å². The lowest BCUT2D eigenvalue weighted by atomic mass is 9.50. The van der Waals surface area contributed by atoms with Crippen LogP contribution in [0.2, 0.25) is 5.02 Å². The van der Waals surface area contributed by atoms with Gasteiger partial charge in [0.25, 0.3) is 0 Å². The Hall–Kier alpha value is -4.31. The minimum absolute atomic E-state index is 0.204. The molecule has 1 N–H and O–H groups in total. The molecular weight excluding hydrogens is 624 g/mol. The predicted molar refractivity (Wildman–Crippen MR) is 171 cm³/mol. The average molecular weight is 653 g/mol. The number of carbonyl (C=O) groups excluding carboxylic acids is 4. The summed E-state index contributed by atoms with van der Waals surface area (Å²) in [5, 5.41) is 12.2. The number of fused-ring (bicyclic) bond motifs is 4. The van der Waals surface area contributed by atoms with E-state index in [9.17, 15) is 19.5 Å². The molecule has 6 unspecified atom stereocenters. The quantitative estimate of drug-likeness (QED) is 0.207. The first kappa shape index (κ1) is 29.1. The first-order chi connectivity index (χ1) is 22.3. The lowest BCUT2D eigenvalue weighted by Crippen LogP contribution is -2.53. The van der Waals surface area contributed by atoms with E-state index >= 15 is 4.79 Å². The zero-order chi connectivity index (χ0) is 31.7. The summed E-state index contributed by atoms with van der Waals surface area (Å²) in [6.45, 7) is -0.128. The van der Waals surface area contributed by atoms with Crippen molar-refractivity contribution in [2.75, 3.05) is 4.90 Å². The summed E-state index contributed by atoms with van der Waals surface area (Å²) in [6.07, 6.45) is 2.54. The number of imide groups is 2. The van der Waals surface area contributed by atoms with Crippen LogP contribution in [0.15, 0.2) is 100 Å². The van der Waals surface area contributed by atoms with Crippen LogP contribution in [-0.2, 0) is 37.7 Å². The van der Waals surface area contributed by atoms with Gasteiger partial charge in [-0.3, -0.25) is 24.1 Å². The van der Waals surface area contributed by atoms with Crippen molar-refractivity contribution in [3.63, 3.8) is 0 Å². The molecule has 8 nitrogen and oxygen atoms in total. The minimum Gasteiger partial charge on any atom is -0.463 e. The number of furan rings is 1. The maximum atomic E-state index is 15.1. The lowest BCUT2D eigenvalue weighted by molar-refractivity contribution is -0.141. The normalized spacial score (nSPS) is 28.7. The Morgan fingerprint density at radius 1 is 0.913 bits per heavy atom. The first-order valence-electron chi connectivity index (χ1n) is 15.3. The summed E-state index contributed by atoms with van der Waals surface area (Å²) in [5.74, 6) is -3.83. The summed E-state index contributed by atoms with van der Waals surface area (Å²) in [5.41, 5.74) is 0.422. The Bertz CT molecular complexity index is 1920. The molecule has 8 rings (SSSR count). The van der Waals surface area contributed by atoms with Crippen molar-refractivity contribution in [2.24, 2.45) is 23.7 Å². The van der Waals surface area contributed by atoms with E-state index in [4.69, 9.17) is 16.0 Å². The van der Waals surface area contributed by atoms with Gasteiger partial charge >= 0.3 is 0 Å². The summed E-state index contributed by atoms with van der Waals surface area (Å²) >= 11 is 7.84. The molecular formula is C36H29ClN2O6S. The third-order valence-corrected chi connectivity index (χ3v) is 11.4. The molecule has 4 amide bonds. The van der Waals surface area contributed by atoms with Gasteiger partial charge in [-0.25, -0.2) is 4.90 Å². The zero-order valence-electron chi connectivity index (χ0n) is 24.5. The maximum absolute atomic E-state index is 15.1. The van der Waals surface area contributed by atoms with E-state index in [1.54, 1.807) is 36.4 Å². The number of allylic oxidation sites excluding steroid dienone is 2. The second-order valence-corrected chi connectivity index (χ2v) is 13.9. The second-order valence-electron chi connectivity index (χ2n) is 12.4. The van der Waals surface area contributed by atoms with E-state index in [0.717, 1.165) is 10.5 Å². The van der Waals surface area contributed by atoms with Gasteiger partial charge in [0.05, 0.1) is 35.9 Å². The SMILES string of the molecule is O=C1C2CC=C3C(CC4C(=O)N(c5cccc(Cl)c5)C(=O)C4(c4ccccc4)C3c3ccc(CO)o3)C2C(=O)N1Cc1cccs1. The molecule has 2 aromatic carbocycles. The number of thiophene rings is 1.